The van der Waals surface area contributed by atoms with E-state index in [1.807, 2.05) is 0 Å². The molecule has 0 aromatic carbocycles. The van der Waals surface area contributed by atoms with E-state index < -0.39 is 5.91 Å². The molecule has 0 spiro atoms. The van der Waals surface area contributed by atoms with Gasteiger partial charge in [0.2, 0.25) is 5.89 Å². The van der Waals surface area contributed by atoms with Crippen LogP contribution in [-0.4, -0.2) is 27.6 Å². The van der Waals surface area contributed by atoms with Crippen molar-refractivity contribution < 1.29 is 9.32 Å². The molecule has 0 aliphatic rings. The van der Waals surface area contributed by atoms with Gasteiger partial charge < -0.3 is 14.8 Å². The number of rotatable bonds is 4. The van der Waals surface area contributed by atoms with Crippen LogP contribution in [0.3, 0.4) is 0 Å². The van der Waals surface area contributed by atoms with Crippen molar-refractivity contribution in [2.45, 2.75) is 6.42 Å². The molecule has 0 saturated carbocycles. The van der Waals surface area contributed by atoms with Gasteiger partial charge in [-0.1, -0.05) is 5.16 Å². The summed E-state index contributed by atoms with van der Waals surface area (Å²) in [5, 5.41) is 6.03. The summed E-state index contributed by atoms with van der Waals surface area (Å²) in [4.78, 5) is 29.4. The molecule has 0 saturated heterocycles. The van der Waals surface area contributed by atoms with Crippen LogP contribution >= 0.6 is 0 Å². The number of aromatic amines is 1. The Bertz CT molecular complexity index is 547. The van der Waals surface area contributed by atoms with E-state index in [2.05, 4.69) is 20.4 Å². The third-order valence-corrected chi connectivity index (χ3v) is 2.10. The number of carbonyl (C=O) groups excluding carboxylic acids is 1. The Morgan fingerprint density at radius 2 is 2.41 bits per heavy atom. The van der Waals surface area contributed by atoms with Gasteiger partial charge in [0.05, 0.1) is 0 Å². The Hall–Kier alpha value is -2.44. The third kappa shape index (κ3) is 2.77. The summed E-state index contributed by atoms with van der Waals surface area (Å²) >= 11 is 0. The lowest BCUT2D eigenvalue weighted by Gasteiger charge is -2.01. The highest BCUT2D eigenvalue weighted by Crippen LogP contribution is 1.92. The van der Waals surface area contributed by atoms with E-state index in [-0.39, 0.29) is 11.0 Å². The molecule has 17 heavy (non-hydrogen) atoms. The van der Waals surface area contributed by atoms with E-state index in [9.17, 15) is 9.59 Å². The average molecular weight is 234 g/mol. The quantitative estimate of drug-likeness (QED) is 0.758. The van der Waals surface area contributed by atoms with E-state index in [1.165, 1.54) is 24.8 Å². The molecule has 0 fully saturated rings. The predicted molar refractivity (Wildman–Crippen MR) is 57.4 cm³/mol. The molecule has 88 valence electrons. The molecule has 0 atom stereocenters. The molecule has 1 amide bonds. The second kappa shape index (κ2) is 5.06. The van der Waals surface area contributed by atoms with Gasteiger partial charge >= 0.3 is 0 Å². The second-order valence-corrected chi connectivity index (χ2v) is 3.26. The summed E-state index contributed by atoms with van der Waals surface area (Å²) in [5.74, 6) is 0.0126. The molecular formula is C10H10N4O3. The van der Waals surface area contributed by atoms with Gasteiger partial charge in [-0.2, -0.15) is 4.98 Å². The first-order chi connectivity index (χ1) is 8.27. The number of pyridine rings is 1. The van der Waals surface area contributed by atoms with E-state index >= 15 is 0 Å². The molecule has 7 heteroatoms. The Balaban J connectivity index is 1.90. The van der Waals surface area contributed by atoms with Crippen molar-refractivity contribution in [2.24, 2.45) is 0 Å². The average Bonchev–Trinajstić information content (AvgIpc) is 2.82. The molecule has 0 unspecified atom stereocenters. The minimum Gasteiger partial charge on any atom is -0.367 e. The summed E-state index contributed by atoms with van der Waals surface area (Å²) in [7, 11) is 0. The Labute approximate surface area is 95.9 Å². The number of nitrogens with zero attached hydrogens (tertiary/aromatic N) is 2. The molecule has 0 bridgehead atoms. The highest BCUT2D eigenvalue weighted by molar-refractivity contribution is 5.93. The molecule has 2 aromatic rings. The fourth-order valence-electron chi connectivity index (χ4n) is 1.28. The number of amides is 1. The lowest BCUT2D eigenvalue weighted by molar-refractivity contribution is 0.0952. The number of H-pyrrole nitrogens is 1. The smallest absolute Gasteiger partial charge is 0.256 e. The topological polar surface area (TPSA) is 101 Å². The highest BCUT2D eigenvalue weighted by Gasteiger charge is 2.09. The largest absolute Gasteiger partial charge is 0.367 e. The fraction of sp³-hybridized carbons (Fsp3) is 0.200. The fourth-order valence-corrected chi connectivity index (χ4v) is 1.28. The van der Waals surface area contributed by atoms with Crippen LogP contribution in [0.5, 0.6) is 0 Å². The summed E-state index contributed by atoms with van der Waals surface area (Å²) in [6, 6.07) is 1.30. The summed E-state index contributed by atoms with van der Waals surface area (Å²) in [6.07, 6.45) is 4.55. The SMILES string of the molecule is O=C(NCCc1ncno1)c1c[nH]ccc1=O. The summed E-state index contributed by atoms with van der Waals surface area (Å²) < 4.78 is 4.76. The number of hydrogen-bond donors (Lipinski definition) is 2. The minimum atomic E-state index is -0.425. The predicted octanol–water partition coefficient (Wildman–Crippen LogP) is -0.270. The van der Waals surface area contributed by atoms with E-state index in [0.717, 1.165) is 0 Å². The lowest BCUT2D eigenvalue weighted by atomic mass is 10.2. The first-order valence-electron chi connectivity index (χ1n) is 4.98. The minimum absolute atomic E-state index is 0.0815. The van der Waals surface area contributed by atoms with E-state index in [4.69, 9.17) is 4.52 Å². The van der Waals surface area contributed by atoms with Crippen LogP contribution in [0.25, 0.3) is 0 Å². The molecule has 2 rings (SSSR count). The van der Waals surface area contributed by atoms with Gasteiger partial charge in [-0.05, 0) is 0 Å². The maximum Gasteiger partial charge on any atom is 0.256 e. The van der Waals surface area contributed by atoms with Crippen LogP contribution in [0, 0.1) is 0 Å². The molecule has 2 aromatic heterocycles. The number of nitrogens with one attached hydrogen (secondary N) is 2. The zero-order valence-corrected chi connectivity index (χ0v) is 8.84. The maximum atomic E-state index is 11.6. The Kier molecular flexibility index (Phi) is 3.29. The first-order valence-corrected chi connectivity index (χ1v) is 4.98. The van der Waals surface area contributed by atoms with E-state index in [1.54, 1.807) is 0 Å². The zero-order chi connectivity index (χ0) is 12.1. The van der Waals surface area contributed by atoms with Crippen molar-refractivity contribution in [1.29, 1.82) is 0 Å². The maximum absolute atomic E-state index is 11.6. The van der Waals surface area contributed by atoms with Crippen LogP contribution in [-0.2, 0) is 6.42 Å². The van der Waals surface area contributed by atoms with Crippen molar-refractivity contribution in [3.8, 4) is 0 Å². The Morgan fingerprint density at radius 1 is 1.53 bits per heavy atom. The third-order valence-electron chi connectivity index (χ3n) is 2.10. The molecule has 2 N–H and O–H groups in total. The molecular weight excluding hydrogens is 224 g/mol. The first kappa shape index (κ1) is 11.1. The molecule has 0 aliphatic heterocycles. The van der Waals surface area contributed by atoms with Gasteiger partial charge in [-0.25, -0.2) is 0 Å². The van der Waals surface area contributed by atoms with Gasteiger partial charge in [0, 0.05) is 31.4 Å². The molecule has 7 nitrogen and oxygen atoms in total. The van der Waals surface area contributed by atoms with Crippen LogP contribution < -0.4 is 10.7 Å². The van der Waals surface area contributed by atoms with E-state index in [0.29, 0.717) is 18.9 Å². The standard InChI is InChI=1S/C10H10N4O3/c15-8-1-3-11-5-7(8)10(16)12-4-2-9-13-6-14-17-9/h1,3,5-6H,2,4H2,(H,11,15)(H,12,16). The van der Waals surface area contributed by atoms with Crippen LogP contribution in [0.4, 0.5) is 0 Å². The summed E-state index contributed by atoms with van der Waals surface area (Å²) in [5.41, 5.74) is -0.239. The van der Waals surface area contributed by atoms with Crippen molar-refractivity contribution in [3.05, 3.63) is 46.5 Å². The molecule has 0 aliphatic carbocycles. The van der Waals surface area contributed by atoms with Crippen molar-refractivity contribution in [2.75, 3.05) is 6.54 Å². The highest BCUT2D eigenvalue weighted by atomic mass is 16.5. The van der Waals surface area contributed by atoms with Crippen LogP contribution in [0.2, 0.25) is 0 Å². The van der Waals surface area contributed by atoms with Gasteiger partial charge in [-0.3, -0.25) is 9.59 Å². The van der Waals surface area contributed by atoms with Crippen LogP contribution in [0.15, 0.2) is 34.1 Å². The van der Waals surface area contributed by atoms with Crippen molar-refractivity contribution in [1.82, 2.24) is 20.4 Å². The van der Waals surface area contributed by atoms with Gasteiger partial charge in [0.15, 0.2) is 11.8 Å². The van der Waals surface area contributed by atoms with Crippen molar-refractivity contribution in [3.63, 3.8) is 0 Å². The van der Waals surface area contributed by atoms with Gasteiger partial charge in [0.1, 0.15) is 5.56 Å². The Morgan fingerprint density at radius 3 is 3.12 bits per heavy atom. The van der Waals surface area contributed by atoms with Gasteiger partial charge in [-0.15, -0.1) is 0 Å². The normalized spacial score (nSPS) is 10.1. The van der Waals surface area contributed by atoms with Crippen molar-refractivity contribution >= 4 is 5.91 Å². The lowest BCUT2D eigenvalue weighted by Crippen LogP contribution is -2.30. The molecule has 2 heterocycles. The summed E-state index contributed by atoms with van der Waals surface area (Å²) in [6.45, 7) is 0.329. The van der Waals surface area contributed by atoms with Crippen LogP contribution in [0.1, 0.15) is 16.2 Å². The number of carbonyl (C=O) groups is 1. The monoisotopic (exact) mass is 234 g/mol. The number of aromatic nitrogens is 3. The number of hydrogen-bond acceptors (Lipinski definition) is 5. The van der Waals surface area contributed by atoms with Gasteiger partial charge in [0.25, 0.3) is 5.91 Å². The second-order valence-electron chi connectivity index (χ2n) is 3.26. The molecule has 0 radical (unpaired) electrons. The zero-order valence-electron chi connectivity index (χ0n) is 8.84.